The molecular formula is C25H26ClNO4. The second-order valence-corrected chi connectivity index (χ2v) is 8.78. The van der Waals surface area contributed by atoms with E-state index in [1.54, 1.807) is 12.1 Å². The number of rotatable bonds is 5. The zero-order valence-corrected chi connectivity index (χ0v) is 18.6. The first-order valence-corrected chi connectivity index (χ1v) is 10.7. The number of carbonyl (C=O) groups excluding carboxylic acids is 1. The van der Waals surface area contributed by atoms with Gasteiger partial charge in [0, 0.05) is 27.0 Å². The van der Waals surface area contributed by atoms with E-state index >= 15 is 0 Å². The van der Waals surface area contributed by atoms with Crippen LogP contribution in [-0.2, 0) is 14.3 Å². The number of carbonyl (C=O) groups is 1. The van der Waals surface area contributed by atoms with Crippen LogP contribution in [0.5, 0.6) is 5.75 Å². The fraction of sp³-hybridized carbons (Fsp3) is 0.320. The zero-order valence-electron chi connectivity index (χ0n) is 17.9. The normalized spacial score (nSPS) is 21.3. The fourth-order valence-corrected chi connectivity index (χ4v) is 3.69. The van der Waals surface area contributed by atoms with E-state index in [4.69, 9.17) is 25.8 Å². The molecule has 0 radical (unpaired) electrons. The quantitative estimate of drug-likeness (QED) is 0.532. The summed E-state index contributed by atoms with van der Waals surface area (Å²) < 4.78 is 17.7. The molecule has 1 heterocycles. The van der Waals surface area contributed by atoms with E-state index in [2.05, 4.69) is 5.32 Å². The average Bonchev–Trinajstić information content (AvgIpc) is 2.76. The van der Waals surface area contributed by atoms with Crippen LogP contribution in [0.25, 0.3) is 10.8 Å². The molecule has 0 aliphatic carbocycles. The highest BCUT2D eigenvalue weighted by atomic mass is 35.5. The number of halogens is 1. The van der Waals surface area contributed by atoms with Crippen LogP contribution in [-0.4, -0.2) is 25.2 Å². The summed E-state index contributed by atoms with van der Waals surface area (Å²) in [5.74, 6) is 0.648. The van der Waals surface area contributed by atoms with E-state index in [1.165, 1.54) is 0 Å². The Balaban J connectivity index is 1.49. The van der Waals surface area contributed by atoms with Crippen LogP contribution in [0.2, 0.25) is 5.02 Å². The largest absolute Gasteiger partial charge is 0.490 e. The highest BCUT2D eigenvalue weighted by molar-refractivity contribution is 6.30. The Bertz CT molecular complexity index is 1070. The Morgan fingerprint density at radius 2 is 1.68 bits per heavy atom. The minimum absolute atomic E-state index is 0.0629. The van der Waals surface area contributed by atoms with Crippen molar-refractivity contribution >= 4 is 34.0 Å². The van der Waals surface area contributed by atoms with Crippen molar-refractivity contribution in [2.24, 2.45) is 5.41 Å². The number of fused-ring (bicyclic) bond motifs is 1. The van der Waals surface area contributed by atoms with Gasteiger partial charge < -0.3 is 19.5 Å². The lowest BCUT2D eigenvalue weighted by Gasteiger charge is -2.36. The highest BCUT2D eigenvalue weighted by Crippen LogP contribution is 2.36. The molecule has 3 aromatic rings. The molecule has 5 nitrogen and oxygen atoms in total. The minimum atomic E-state index is -0.808. The molecule has 6 heteroatoms. The molecule has 0 spiro atoms. The summed E-state index contributed by atoms with van der Waals surface area (Å²) >= 11 is 5.95. The molecule has 0 atom stereocenters. The Morgan fingerprint density at radius 3 is 2.32 bits per heavy atom. The molecule has 1 aliphatic rings. The molecule has 31 heavy (non-hydrogen) atoms. The van der Waals surface area contributed by atoms with Gasteiger partial charge in [0.15, 0.2) is 6.29 Å². The van der Waals surface area contributed by atoms with Crippen molar-refractivity contribution in [3.05, 3.63) is 71.2 Å². The molecule has 3 aromatic carbocycles. The Morgan fingerprint density at radius 1 is 1.03 bits per heavy atom. The number of anilines is 1. The van der Waals surface area contributed by atoms with Crippen molar-refractivity contribution in [1.82, 2.24) is 0 Å². The van der Waals surface area contributed by atoms with Crippen molar-refractivity contribution in [2.45, 2.75) is 33.2 Å². The summed E-state index contributed by atoms with van der Waals surface area (Å²) in [4.78, 5) is 13.2. The monoisotopic (exact) mass is 439 g/mol. The van der Waals surface area contributed by atoms with Gasteiger partial charge in [-0.15, -0.1) is 0 Å². The molecule has 1 fully saturated rings. The van der Waals surface area contributed by atoms with Crippen LogP contribution in [0.1, 0.15) is 32.6 Å². The third-order valence-electron chi connectivity index (χ3n) is 5.29. The van der Waals surface area contributed by atoms with Gasteiger partial charge in [0.2, 0.25) is 5.91 Å². The second-order valence-electron chi connectivity index (χ2n) is 8.34. The van der Waals surface area contributed by atoms with E-state index in [9.17, 15) is 4.79 Å². The third-order valence-corrected chi connectivity index (χ3v) is 5.54. The van der Waals surface area contributed by atoms with Gasteiger partial charge in [-0.1, -0.05) is 48.0 Å². The molecule has 1 N–H and O–H groups in total. The van der Waals surface area contributed by atoms with Gasteiger partial charge in [-0.2, -0.15) is 0 Å². The molecule has 4 rings (SSSR count). The number of hydrogen-bond acceptors (Lipinski definition) is 4. The first-order valence-electron chi connectivity index (χ1n) is 10.3. The molecule has 0 aromatic heterocycles. The summed E-state index contributed by atoms with van der Waals surface area (Å²) in [6.07, 6.45) is -0.445. The number of nitrogens with one attached hydrogen (secondary N) is 1. The standard InChI is InChI=1S/C25H26ClNO4/c1-16(2)31-22-13-12-21(19-6-4-5-7-20(19)22)27-24(28)25(3)14-29-23(30-15-25)17-8-10-18(26)11-9-17/h4-13,16,23H,14-15H2,1-3H3,(H,27,28). The predicted molar refractivity (Wildman–Crippen MR) is 123 cm³/mol. The van der Waals surface area contributed by atoms with Crippen LogP contribution in [0.4, 0.5) is 5.69 Å². The summed E-state index contributed by atoms with van der Waals surface area (Å²) in [5.41, 5.74) is 0.799. The molecule has 0 bridgehead atoms. The summed E-state index contributed by atoms with van der Waals surface area (Å²) in [7, 11) is 0. The van der Waals surface area contributed by atoms with Crippen molar-refractivity contribution in [3.63, 3.8) is 0 Å². The molecule has 1 saturated heterocycles. The first-order chi connectivity index (χ1) is 14.9. The third kappa shape index (κ3) is 4.69. The van der Waals surface area contributed by atoms with Crippen molar-refractivity contribution < 1.29 is 19.0 Å². The van der Waals surface area contributed by atoms with Crippen LogP contribution in [0.3, 0.4) is 0 Å². The van der Waals surface area contributed by atoms with Crippen LogP contribution >= 0.6 is 11.6 Å². The van der Waals surface area contributed by atoms with Crippen LogP contribution in [0, 0.1) is 5.41 Å². The maximum atomic E-state index is 13.2. The molecular weight excluding hydrogens is 414 g/mol. The van der Waals surface area contributed by atoms with Gasteiger partial charge >= 0.3 is 0 Å². The van der Waals surface area contributed by atoms with E-state index in [0.717, 1.165) is 27.8 Å². The molecule has 0 unspecified atom stereocenters. The van der Waals surface area contributed by atoms with Crippen molar-refractivity contribution in [2.75, 3.05) is 18.5 Å². The number of ether oxygens (including phenoxy) is 3. The Hall–Kier alpha value is -2.60. The maximum absolute atomic E-state index is 13.2. The highest BCUT2D eigenvalue weighted by Gasteiger charge is 2.40. The molecule has 1 amide bonds. The Kier molecular flexibility index (Phi) is 6.19. The summed E-state index contributed by atoms with van der Waals surface area (Å²) in [5, 5.41) is 5.60. The number of benzene rings is 3. The molecule has 0 saturated carbocycles. The lowest BCUT2D eigenvalue weighted by atomic mass is 9.90. The van der Waals surface area contributed by atoms with Gasteiger partial charge in [-0.25, -0.2) is 0 Å². The van der Waals surface area contributed by atoms with Gasteiger partial charge in [0.1, 0.15) is 5.75 Å². The van der Waals surface area contributed by atoms with Crippen molar-refractivity contribution in [1.29, 1.82) is 0 Å². The topological polar surface area (TPSA) is 56.8 Å². The van der Waals surface area contributed by atoms with Crippen molar-refractivity contribution in [3.8, 4) is 5.75 Å². The van der Waals surface area contributed by atoms with E-state index in [0.29, 0.717) is 5.02 Å². The lowest BCUT2D eigenvalue weighted by Crippen LogP contribution is -2.45. The van der Waals surface area contributed by atoms with E-state index < -0.39 is 11.7 Å². The fourth-order valence-electron chi connectivity index (χ4n) is 3.56. The summed E-state index contributed by atoms with van der Waals surface area (Å²) in [6, 6.07) is 19.0. The van der Waals surface area contributed by atoms with Gasteiger partial charge in [-0.05, 0) is 45.0 Å². The maximum Gasteiger partial charge on any atom is 0.235 e. The zero-order chi connectivity index (χ0) is 22.0. The van der Waals surface area contributed by atoms with Gasteiger partial charge in [-0.3, -0.25) is 4.79 Å². The van der Waals surface area contributed by atoms with Crippen LogP contribution in [0.15, 0.2) is 60.7 Å². The predicted octanol–water partition coefficient (Wildman–Crippen LogP) is 5.97. The SMILES string of the molecule is CC(C)Oc1ccc(NC(=O)C2(C)COC(c3ccc(Cl)cc3)OC2)c2ccccc12. The van der Waals surface area contributed by atoms with E-state index in [1.807, 2.05) is 69.3 Å². The smallest absolute Gasteiger partial charge is 0.235 e. The number of amides is 1. The van der Waals surface area contributed by atoms with Gasteiger partial charge in [0.05, 0.1) is 24.7 Å². The second kappa shape index (κ2) is 8.87. The first kappa shape index (κ1) is 21.6. The van der Waals surface area contributed by atoms with Crippen LogP contribution < -0.4 is 10.1 Å². The molecule has 1 aliphatic heterocycles. The Labute approximate surface area is 187 Å². The minimum Gasteiger partial charge on any atom is -0.490 e. The van der Waals surface area contributed by atoms with Gasteiger partial charge in [0.25, 0.3) is 0 Å². The number of hydrogen-bond donors (Lipinski definition) is 1. The summed E-state index contributed by atoms with van der Waals surface area (Å²) in [6.45, 7) is 6.33. The molecule has 162 valence electrons. The average molecular weight is 440 g/mol. The van der Waals surface area contributed by atoms with E-state index in [-0.39, 0.29) is 25.2 Å². The lowest BCUT2D eigenvalue weighted by molar-refractivity contribution is -0.226.